The minimum absolute atomic E-state index is 0.0956. The molecule has 2 rings (SSSR count). The predicted octanol–water partition coefficient (Wildman–Crippen LogP) is 0.651. The molecule has 0 radical (unpaired) electrons. The van der Waals surface area contributed by atoms with E-state index in [1.807, 2.05) is 0 Å². The third-order valence-electron chi connectivity index (χ3n) is 3.80. The summed E-state index contributed by atoms with van der Waals surface area (Å²) in [5.41, 5.74) is 5.83. The van der Waals surface area contributed by atoms with Crippen LogP contribution < -0.4 is 15.2 Å². The van der Waals surface area contributed by atoms with E-state index in [1.54, 1.807) is 13.0 Å². The van der Waals surface area contributed by atoms with E-state index in [0.29, 0.717) is 29.9 Å². The Bertz CT molecular complexity index is 687. The Hall–Kier alpha value is -1.80. The van der Waals surface area contributed by atoms with E-state index < -0.39 is 22.0 Å². The Balaban J connectivity index is 2.52. The molecule has 122 valence electrons. The molecule has 0 aliphatic carbocycles. The normalized spacial score (nSPS) is 19.1. The highest BCUT2D eigenvalue weighted by Gasteiger charge is 2.39. The SMILES string of the molecule is COc1cc(C)c(S(=O)(=O)N2CCC[C@H]2C(N)=O)cc1OC. The summed E-state index contributed by atoms with van der Waals surface area (Å²) in [6, 6.07) is 2.22. The highest BCUT2D eigenvalue weighted by Crippen LogP contribution is 2.35. The lowest BCUT2D eigenvalue weighted by Gasteiger charge is -2.23. The molecular formula is C14H20N2O5S. The average molecular weight is 328 g/mol. The van der Waals surface area contributed by atoms with Gasteiger partial charge in [0.15, 0.2) is 11.5 Å². The summed E-state index contributed by atoms with van der Waals surface area (Å²) in [5, 5.41) is 0. The second-order valence-corrected chi connectivity index (χ2v) is 7.01. The van der Waals surface area contributed by atoms with Gasteiger partial charge >= 0.3 is 0 Å². The molecule has 22 heavy (non-hydrogen) atoms. The number of primary amides is 1. The third-order valence-corrected chi connectivity index (χ3v) is 5.85. The predicted molar refractivity (Wildman–Crippen MR) is 80.4 cm³/mol. The fourth-order valence-electron chi connectivity index (χ4n) is 2.68. The van der Waals surface area contributed by atoms with Gasteiger partial charge in [0.2, 0.25) is 15.9 Å². The summed E-state index contributed by atoms with van der Waals surface area (Å²) >= 11 is 0. The molecule has 0 saturated carbocycles. The van der Waals surface area contributed by atoms with E-state index >= 15 is 0 Å². The maximum atomic E-state index is 12.9. The van der Waals surface area contributed by atoms with Gasteiger partial charge in [-0.05, 0) is 31.4 Å². The van der Waals surface area contributed by atoms with Gasteiger partial charge in [-0.3, -0.25) is 4.79 Å². The van der Waals surface area contributed by atoms with Crippen LogP contribution in [-0.4, -0.2) is 45.4 Å². The van der Waals surface area contributed by atoms with Crippen molar-refractivity contribution in [2.45, 2.75) is 30.7 Å². The van der Waals surface area contributed by atoms with Crippen molar-refractivity contribution in [3.8, 4) is 11.5 Å². The van der Waals surface area contributed by atoms with E-state index in [0.717, 1.165) is 0 Å². The summed E-state index contributed by atoms with van der Waals surface area (Å²) in [5.74, 6) is 0.146. The van der Waals surface area contributed by atoms with E-state index in [4.69, 9.17) is 15.2 Å². The zero-order valence-electron chi connectivity index (χ0n) is 12.8. The number of rotatable bonds is 5. The quantitative estimate of drug-likeness (QED) is 0.855. The fourth-order valence-corrected chi connectivity index (χ4v) is 4.57. The molecular weight excluding hydrogens is 308 g/mol. The Morgan fingerprint density at radius 2 is 1.86 bits per heavy atom. The molecule has 1 aromatic rings. The van der Waals surface area contributed by atoms with Gasteiger partial charge in [0.25, 0.3) is 0 Å². The molecule has 1 aliphatic rings. The average Bonchev–Trinajstić information content (AvgIpc) is 2.97. The van der Waals surface area contributed by atoms with Crippen molar-refractivity contribution in [1.29, 1.82) is 0 Å². The number of nitrogens with zero attached hydrogens (tertiary/aromatic N) is 1. The zero-order chi connectivity index (χ0) is 16.5. The number of amides is 1. The van der Waals surface area contributed by atoms with E-state index in [-0.39, 0.29) is 11.4 Å². The molecule has 1 aromatic carbocycles. The molecule has 1 atom stereocenters. The Morgan fingerprint density at radius 3 is 2.41 bits per heavy atom. The molecule has 1 fully saturated rings. The summed E-state index contributed by atoms with van der Waals surface area (Å²) < 4.78 is 37.2. The van der Waals surface area contributed by atoms with Gasteiger partial charge in [-0.2, -0.15) is 4.31 Å². The lowest BCUT2D eigenvalue weighted by atomic mass is 10.2. The Kier molecular flexibility index (Phi) is 4.62. The number of carbonyl (C=O) groups is 1. The summed E-state index contributed by atoms with van der Waals surface area (Å²) in [6.07, 6.45) is 1.06. The van der Waals surface area contributed by atoms with E-state index in [1.165, 1.54) is 24.6 Å². The lowest BCUT2D eigenvalue weighted by Crippen LogP contribution is -2.43. The number of aryl methyl sites for hydroxylation is 1. The van der Waals surface area contributed by atoms with Gasteiger partial charge in [0.05, 0.1) is 19.1 Å². The molecule has 2 N–H and O–H groups in total. The first-order valence-electron chi connectivity index (χ1n) is 6.86. The lowest BCUT2D eigenvalue weighted by molar-refractivity contribution is -0.121. The first kappa shape index (κ1) is 16.6. The second-order valence-electron chi connectivity index (χ2n) is 5.15. The van der Waals surface area contributed by atoms with Gasteiger partial charge in [-0.15, -0.1) is 0 Å². The van der Waals surface area contributed by atoms with Crippen LogP contribution in [0.4, 0.5) is 0 Å². The monoisotopic (exact) mass is 328 g/mol. The molecule has 0 bridgehead atoms. The molecule has 8 heteroatoms. The number of sulfonamides is 1. The maximum Gasteiger partial charge on any atom is 0.244 e. The molecule has 7 nitrogen and oxygen atoms in total. The number of methoxy groups -OCH3 is 2. The van der Waals surface area contributed by atoms with Crippen LogP contribution in [0.5, 0.6) is 11.5 Å². The van der Waals surface area contributed by atoms with Crippen LogP contribution in [0.25, 0.3) is 0 Å². The molecule has 1 amide bonds. The maximum absolute atomic E-state index is 12.9. The van der Waals surface area contributed by atoms with Crippen LogP contribution in [0.1, 0.15) is 18.4 Å². The smallest absolute Gasteiger partial charge is 0.244 e. The molecule has 1 heterocycles. The van der Waals surface area contributed by atoms with Crippen LogP contribution in [0.15, 0.2) is 17.0 Å². The number of carbonyl (C=O) groups excluding carboxylic acids is 1. The summed E-state index contributed by atoms with van der Waals surface area (Å²) in [4.78, 5) is 11.6. The van der Waals surface area contributed by atoms with Gasteiger partial charge < -0.3 is 15.2 Å². The molecule has 0 spiro atoms. The van der Waals surface area contributed by atoms with Crippen LogP contribution in [0.2, 0.25) is 0 Å². The molecule has 0 unspecified atom stereocenters. The number of hydrogen-bond donors (Lipinski definition) is 1. The minimum atomic E-state index is -3.82. The summed E-state index contributed by atoms with van der Waals surface area (Å²) in [7, 11) is -0.907. The molecule has 0 aromatic heterocycles. The highest BCUT2D eigenvalue weighted by molar-refractivity contribution is 7.89. The Labute approximate surface area is 130 Å². The van der Waals surface area contributed by atoms with Crippen molar-refractivity contribution in [3.63, 3.8) is 0 Å². The molecule has 1 saturated heterocycles. The van der Waals surface area contributed by atoms with Gasteiger partial charge in [-0.1, -0.05) is 0 Å². The first-order valence-corrected chi connectivity index (χ1v) is 8.30. The fraction of sp³-hybridized carbons (Fsp3) is 0.500. The van der Waals surface area contributed by atoms with Crippen molar-refractivity contribution in [3.05, 3.63) is 17.7 Å². The highest BCUT2D eigenvalue weighted by atomic mass is 32.2. The molecule has 1 aliphatic heterocycles. The van der Waals surface area contributed by atoms with Crippen molar-refractivity contribution < 1.29 is 22.7 Å². The first-order chi connectivity index (χ1) is 10.3. The number of hydrogen-bond acceptors (Lipinski definition) is 5. The topological polar surface area (TPSA) is 98.9 Å². The van der Waals surface area contributed by atoms with Gasteiger partial charge in [0.1, 0.15) is 6.04 Å². The third kappa shape index (κ3) is 2.76. The van der Waals surface area contributed by atoms with Crippen molar-refractivity contribution >= 4 is 15.9 Å². The summed E-state index contributed by atoms with van der Waals surface area (Å²) in [6.45, 7) is 1.95. The van der Waals surface area contributed by atoms with Gasteiger partial charge in [0, 0.05) is 12.6 Å². The second kappa shape index (κ2) is 6.13. The van der Waals surface area contributed by atoms with Crippen molar-refractivity contribution in [1.82, 2.24) is 4.31 Å². The largest absolute Gasteiger partial charge is 0.493 e. The van der Waals surface area contributed by atoms with Crippen LogP contribution in [-0.2, 0) is 14.8 Å². The Morgan fingerprint density at radius 1 is 1.27 bits per heavy atom. The van der Waals surface area contributed by atoms with Crippen molar-refractivity contribution in [2.24, 2.45) is 5.73 Å². The van der Waals surface area contributed by atoms with Gasteiger partial charge in [-0.25, -0.2) is 8.42 Å². The number of ether oxygens (including phenoxy) is 2. The number of nitrogens with two attached hydrogens (primary N) is 1. The van der Waals surface area contributed by atoms with Crippen molar-refractivity contribution in [2.75, 3.05) is 20.8 Å². The van der Waals surface area contributed by atoms with Crippen LogP contribution >= 0.6 is 0 Å². The zero-order valence-corrected chi connectivity index (χ0v) is 13.6. The van der Waals surface area contributed by atoms with E-state index in [2.05, 4.69) is 0 Å². The standard InChI is InChI=1S/C14H20N2O5S/c1-9-7-11(20-2)12(21-3)8-13(9)22(18,19)16-6-4-5-10(16)14(15)17/h7-8,10H,4-6H2,1-3H3,(H2,15,17)/t10-/m0/s1. The number of benzene rings is 1. The minimum Gasteiger partial charge on any atom is -0.493 e. The van der Waals surface area contributed by atoms with E-state index in [9.17, 15) is 13.2 Å². The van der Waals surface area contributed by atoms with Crippen LogP contribution in [0, 0.1) is 6.92 Å². The van der Waals surface area contributed by atoms with Crippen LogP contribution in [0.3, 0.4) is 0 Å².